The molecule has 0 bridgehead atoms. The van der Waals surface area contributed by atoms with Gasteiger partial charge in [0.1, 0.15) is 0 Å². The summed E-state index contributed by atoms with van der Waals surface area (Å²) in [7, 11) is 0. The second-order valence-corrected chi connectivity index (χ2v) is 6.59. The van der Waals surface area contributed by atoms with E-state index < -0.39 is 28.2 Å². The standard InChI is InChI=1S/C16H16BrF3N2O2/c17-14(16(21)24)10-3-5-22(6-4-10)13(23)2-1-9-7-11(18)15(20)12(19)8-9/h1-2,7-8,10,14H,3-6H2,(H2,21,24). The molecule has 2 rings (SSSR count). The minimum Gasteiger partial charge on any atom is -0.369 e. The van der Waals surface area contributed by atoms with E-state index in [1.54, 1.807) is 4.90 Å². The van der Waals surface area contributed by atoms with E-state index in [9.17, 15) is 22.8 Å². The quantitative estimate of drug-likeness (QED) is 0.476. The third-order valence-electron chi connectivity index (χ3n) is 3.96. The fourth-order valence-electron chi connectivity index (χ4n) is 2.59. The first-order valence-corrected chi connectivity index (χ1v) is 8.26. The molecule has 4 nitrogen and oxygen atoms in total. The summed E-state index contributed by atoms with van der Waals surface area (Å²) in [5.74, 6) is -4.84. The number of nitrogens with two attached hydrogens (primary N) is 1. The fraction of sp³-hybridized carbons (Fsp3) is 0.375. The Morgan fingerprint density at radius 3 is 2.25 bits per heavy atom. The van der Waals surface area contributed by atoms with Gasteiger partial charge in [-0.15, -0.1) is 0 Å². The third-order valence-corrected chi connectivity index (χ3v) is 5.16. The summed E-state index contributed by atoms with van der Waals surface area (Å²) in [4.78, 5) is 24.4. The lowest BCUT2D eigenvalue weighted by atomic mass is 9.93. The van der Waals surface area contributed by atoms with Crippen LogP contribution in [0, 0.1) is 23.4 Å². The predicted octanol–water partition coefficient (Wildman–Crippen LogP) is 2.60. The lowest BCUT2D eigenvalue weighted by Crippen LogP contribution is -2.42. The molecule has 1 unspecified atom stereocenters. The van der Waals surface area contributed by atoms with Crippen molar-refractivity contribution in [1.82, 2.24) is 4.90 Å². The van der Waals surface area contributed by atoms with Gasteiger partial charge in [0.25, 0.3) is 0 Å². The highest BCUT2D eigenvalue weighted by Crippen LogP contribution is 2.25. The highest BCUT2D eigenvalue weighted by atomic mass is 79.9. The molecule has 0 aromatic heterocycles. The molecule has 1 fully saturated rings. The summed E-state index contributed by atoms with van der Waals surface area (Å²) in [6, 6.07) is 1.63. The van der Waals surface area contributed by atoms with E-state index in [4.69, 9.17) is 5.73 Å². The normalized spacial score (nSPS) is 17.2. The molecule has 1 aliphatic rings. The van der Waals surface area contributed by atoms with Crippen LogP contribution in [-0.2, 0) is 9.59 Å². The Labute approximate surface area is 145 Å². The number of amides is 2. The van der Waals surface area contributed by atoms with Crippen molar-refractivity contribution in [2.45, 2.75) is 17.7 Å². The van der Waals surface area contributed by atoms with Crippen LogP contribution in [0.4, 0.5) is 13.2 Å². The first-order chi connectivity index (χ1) is 11.3. The fourth-order valence-corrected chi connectivity index (χ4v) is 3.12. The number of carbonyl (C=O) groups excluding carboxylic acids is 2. The number of rotatable bonds is 4. The Morgan fingerprint density at radius 1 is 1.21 bits per heavy atom. The van der Waals surface area contributed by atoms with Gasteiger partial charge in [-0.25, -0.2) is 13.2 Å². The van der Waals surface area contributed by atoms with Gasteiger partial charge in [-0.05, 0) is 42.5 Å². The first kappa shape index (κ1) is 18.5. The molecule has 130 valence electrons. The average Bonchev–Trinajstić information content (AvgIpc) is 2.56. The highest BCUT2D eigenvalue weighted by molar-refractivity contribution is 9.10. The van der Waals surface area contributed by atoms with E-state index in [0.717, 1.165) is 12.1 Å². The van der Waals surface area contributed by atoms with Crippen molar-refractivity contribution >= 4 is 33.8 Å². The Kier molecular flexibility index (Phi) is 6.04. The summed E-state index contributed by atoms with van der Waals surface area (Å²) in [6.45, 7) is 0.907. The van der Waals surface area contributed by atoms with Gasteiger partial charge >= 0.3 is 0 Å². The number of alkyl halides is 1. The maximum absolute atomic E-state index is 13.1. The minimum atomic E-state index is -1.54. The van der Waals surface area contributed by atoms with Crippen molar-refractivity contribution in [2.75, 3.05) is 13.1 Å². The number of halogens is 4. The summed E-state index contributed by atoms with van der Waals surface area (Å²) in [5, 5.41) is 0. The lowest BCUT2D eigenvalue weighted by molar-refractivity contribution is -0.127. The number of likely N-dealkylation sites (tertiary alicyclic amines) is 1. The van der Waals surface area contributed by atoms with E-state index in [-0.39, 0.29) is 17.4 Å². The maximum Gasteiger partial charge on any atom is 0.246 e. The average molecular weight is 405 g/mol. The molecule has 0 saturated carbocycles. The van der Waals surface area contributed by atoms with Gasteiger partial charge in [0.15, 0.2) is 17.5 Å². The van der Waals surface area contributed by atoms with Gasteiger partial charge in [0.2, 0.25) is 11.8 Å². The van der Waals surface area contributed by atoms with Crippen LogP contribution >= 0.6 is 15.9 Å². The van der Waals surface area contributed by atoms with Crippen LogP contribution in [0.1, 0.15) is 18.4 Å². The van der Waals surface area contributed by atoms with Gasteiger partial charge in [-0.3, -0.25) is 9.59 Å². The van der Waals surface area contributed by atoms with Crippen molar-refractivity contribution in [3.63, 3.8) is 0 Å². The second kappa shape index (κ2) is 7.83. The van der Waals surface area contributed by atoms with Crippen molar-refractivity contribution in [1.29, 1.82) is 0 Å². The highest BCUT2D eigenvalue weighted by Gasteiger charge is 2.29. The molecular weight excluding hydrogens is 389 g/mol. The number of hydrogen-bond donors (Lipinski definition) is 1. The zero-order valence-electron chi connectivity index (χ0n) is 12.6. The van der Waals surface area contributed by atoms with Crippen molar-refractivity contribution in [2.24, 2.45) is 11.7 Å². The van der Waals surface area contributed by atoms with Crippen LogP contribution in [0.25, 0.3) is 6.08 Å². The zero-order chi connectivity index (χ0) is 17.9. The molecule has 2 N–H and O–H groups in total. The third kappa shape index (κ3) is 4.37. The van der Waals surface area contributed by atoms with E-state index in [1.807, 2.05) is 0 Å². The molecule has 0 radical (unpaired) electrons. The summed E-state index contributed by atoms with van der Waals surface area (Å²) in [5.41, 5.74) is 5.30. The largest absolute Gasteiger partial charge is 0.369 e. The number of nitrogens with zero attached hydrogens (tertiary/aromatic N) is 1. The van der Waals surface area contributed by atoms with Gasteiger partial charge in [-0.2, -0.15) is 0 Å². The maximum atomic E-state index is 13.1. The molecule has 1 aliphatic heterocycles. The molecule has 1 atom stereocenters. The Bertz CT molecular complexity index is 650. The van der Waals surface area contributed by atoms with Crippen LogP contribution in [0.15, 0.2) is 18.2 Å². The van der Waals surface area contributed by atoms with Gasteiger partial charge in [-0.1, -0.05) is 15.9 Å². The second-order valence-electron chi connectivity index (χ2n) is 5.60. The van der Waals surface area contributed by atoms with E-state index in [2.05, 4.69) is 15.9 Å². The van der Waals surface area contributed by atoms with Crippen LogP contribution in [-0.4, -0.2) is 34.6 Å². The lowest BCUT2D eigenvalue weighted by Gasteiger charge is -2.32. The van der Waals surface area contributed by atoms with Crippen molar-refractivity contribution in [3.8, 4) is 0 Å². The Hall–Kier alpha value is -1.83. The molecule has 0 spiro atoms. The summed E-state index contributed by atoms with van der Waals surface area (Å²) in [6.07, 6.45) is 3.67. The van der Waals surface area contributed by atoms with Crippen LogP contribution in [0.5, 0.6) is 0 Å². The smallest absolute Gasteiger partial charge is 0.246 e. The topological polar surface area (TPSA) is 63.4 Å². The Morgan fingerprint density at radius 2 is 1.75 bits per heavy atom. The number of carbonyl (C=O) groups is 2. The first-order valence-electron chi connectivity index (χ1n) is 7.34. The number of benzene rings is 1. The number of primary amides is 1. The summed E-state index contributed by atoms with van der Waals surface area (Å²) < 4.78 is 39.1. The molecule has 1 saturated heterocycles. The molecule has 1 heterocycles. The van der Waals surface area contributed by atoms with E-state index >= 15 is 0 Å². The molecule has 0 aliphatic carbocycles. The predicted molar refractivity (Wildman–Crippen MR) is 86.6 cm³/mol. The summed E-state index contributed by atoms with van der Waals surface area (Å²) >= 11 is 3.25. The van der Waals surface area contributed by atoms with Crippen LogP contribution in [0.3, 0.4) is 0 Å². The number of piperidine rings is 1. The molecule has 8 heteroatoms. The van der Waals surface area contributed by atoms with Crippen molar-refractivity contribution in [3.05, 3.63) is 41.2 Å². The van der Waals surface area contributed by atoms with E-state index in [0.29, 0.717) is 25.9 Å². The van der Waals surface area contributed by atoms with Crippen molar-refractivity contribution < 1.29 is 22.8 Å². The Balaban J connectivity index is 1.95. The molecular formula is C16H16BrF3N2O2. The molecule has 2 amide bonds. The van der Waals surface area contributed by atoms with Gasteiger partial charge in [0.05, 0.1) is 4.83 Å². The zero-order valence-corrected chi connectivity index (χ0v) is 14.2. The monoisotopic (exact) mass is 404 g/mol. The SMILES string of the molecule is NC(=O)C(Br)C1CCN(C(=O)C=Cc2cc(F)c(F)c(F)c2)CC1. The molecule has 24 heavy (non-hydrogen) atoms. The van der Waals surface area contributed by atoms with Gasteiger partial charge in [0, 0.05) is 19.2 Å². The molecule has 1 aromatic carbocycles. The molecule has 1 aromatic rings. The van der Waals surface area contributed by atoms with Crippen LogP contribution < -0.4 is 5.73 Å². The van der Waals surface area contributed by atoms with E-state index in [1.165, 1.54) is 12.2 Å². The van der Waals surface area contributed by atoms with Gasteiger partial charge < -0.3 is 10.6 Å². The number of hydrogen-bond acceptors (Lipinski definition) is 2. The van der Waals surface area contributed by atoms with Crippen LogP contribution in [0.2, 0.25) is 0 Å². The minimum absolute atomic E-state index is 0.0592.